The normalized spacial score (nSPS) is 10.4. The average Bonchev–Trinajstić information content (AvgIpc) is 2.86. The number of ether oxygens (including phenoxy) is 1. The number of rotatable bonds is 6. The van der Waals surface area contributed by atoms with Crippen LogP contribution in [0.2, 0.25) is 0 Å². The van der Waals surface area contributed by atoms with Crippen molar-refractivity contribution in [2.24, 2.45) is 0 Å². The van der Waals surface area contributed by atoms with E-state index in [2.05, 4.69) is 10.4 Å². The second kappa shape index (κ2) is 6.72. The molecule has 6 nitrogen and oxygen atoms in total. The second-order valence-electron chi connectivity index (χ2n) is 4.42. The summed E-state index contributed by atoms with van der Waals surface area (Å²) in [5, 5.41) is 6.99. The quantitative estimate of drug-likeness (QED) is 0.778. The number of hydrogen-bond donors (Lipinski definition) is 2. The van der Waals surface area contributed by atoms with Gasteiger partial charge in [0.05, 0.1) is 19.6 Å². The molecule has 1 aromatic carbocycles. The highest BCUT2D eigenvalue weighted by Crippen LogP contribution is 2.08. The minimum Gasteiger partial charge on any atom is -0.399 e. The molecule has 0 aliphatic rings. The molecule has 6 heteroatoms. The first kappa shape index (κ1) is 14.1. The predicted octanol–water partition coefficient (Wildman–Crippen LogP) is 1.29. The molecule has 2 rings (SSSR count). The van der Waals surface area contributed by atoms with Gasteiger partial charge in [0, 0.05) is 25.1 Å². The van der Waals surface area contributed by atoms with Crippen LogP contribution in [0.25, 0.3) is 0 Å². The van der Waals surface area contributed by atoms with Crippen molar-refractivity contribution in [2.45, 2.75) is 13.0 Å². The van der Waals surface area contributed by atoms with Crippen molar-refractivity contribution in [3.05, 3.63) is 42.1 Å². The summed E-state index contributed by atoms with van der Waals surface area (Å²) in [5.74, 6) is 0.438. The zero-order valence-corrected chi connectivity index (χ0v) is 11.4. The first-order valence-electron chi connectivity index (χ1n) is 6.34. The van der Waals surface area contributed by atoms with Gasteiger partial charge >= 0.3 is 0 Å². The number of benzene rings is 1. The van der Waals surface area contributed by atoms with Crippen molar-refractivity contribution in [1.82, 2.24) is 9.78 Å². The Labute approximate surface area is 117 Å². The van der Waals surface area contributed by atoms with E-state index in [9.17, 15) is 4.79 Å². The minimum atomic E-state index is -0.105. The molecule has 106 valence electrons. The first-order chi connectivity index (χ1) is 9.67. The van der Waals surface area contributed by atoms with E-state index in [-0.39, 0.29) is 5.91 Å². The number of hydrogen-bond acceptors (Lipinski definition) is 4. The van der Waals surface area contributed by atoms with Crippen molar-refractivity contribution in [3.8, 4) is 0 Å². The molecule has 0 atom stereocenters. The molecular formula is C14H18N4O2. The molecule has 1 aromatic heterocycles. The lowest BCUT2D eigenvalue weighted by molar-refractivity contribution is -0.115. The zero-order valence-electron chi connectivity index (χ0n) is 11.4. The van der Waals surface area contributed by atoms with Gasteiger partial charge in [0.15, 0.2) is 5.82 Å². The van der Waals surface area contributed by atoms with E-state index in [1.54, 1.807) is 36.2 Å². The van der Waals surface area contributed by atoms with Crippen LogP contribution in [-0.4, -0.2) is 29.4 Å². The third-order valence-electron chi connectivity index (χ3n) is 2.78. The van der Waals surface area contributed by atoms with Gasteiger partial charge in [-0.3, -0.25) is 9.48 Å². The van der Waals surface area contributed by atoms with E-state index >= 15 is 0 Å². The Kier molecular flexibility index (Phi) is 4.73. The third kappa shape index (κ3) is 4.10. The largest absolute Gasteiger partial charge is 0.399 e. The molecule has 0 saturated heterocycles. The van der Waals surface area contributed by atoms with Crippen LogP contribution in [0.5, 0.6) is 0 Å². The monoisotopic (exact) mass is 274 g/mol. The van der Waals surface area contributed by atoms with Crippen LogP contribution in [0, 0.1) is 0 Å². The molecule has 2 aromatic rings. The fourth-order valence-corrected chi connectivity index (χ4v) is 1.75. The van der Waals surface area contributed by atoms with Crippen LogP contribution in [0.4, 0.5) is 11.5 Å². The molecule has 0 radical (unpaired) electrons. The van der Waals surface area contributed by atoms with Crippen LogP contribution in [-0.2, 0) is 22.5 Å². The lowest BCUT2D eigenvalue weighted by Gasteiger charge is -2.03. The summed E-state index contributed by atoms with van der Waals surface area (Å²) in [6.45, 7) is 1.24. The Hall–Kier alpha value is -2.34. The van der Waals surface area contributed by atoms with Gasteiger partial charge in [-0.1, -0.05) is 12.1 Å². The Bertz CT molecular complexity index is 563. The van der Waals surface area contributed by atoms with Crippen molar-refractivity contribution < 1.29 is 9.53 Å². The third-order valence-corrected chi connectivity index (χ3v) is 2.78. The Morgan fingerprint density at radius 3 is 2.80 bits per heavy atom. The maximum atomic E-state index is 11.9. The first-order valence-corrected chi connectivity index (χ1v) is 6.34. The van der Waals surface area contributed by atoms with Gasteiger partial charge in [0.25, 0.3) is 0 Å². The number of amides is 1. The molecule has 1 amide bonds. The Morgan fingerprint density at radius 2 is 2.10 bits per heavy atom. The summed E-state index contributed by atoms with van der Waals surface area (Å²) in [6, 6.07) is 9.00. The van der Waals surface area contributed by atoms with Gasteiger partial charge in [-0.25, -0.2) is 0 Å². The molecular weight excluding hydrogens is 256 g/mol. The summed E-state index contributed by atoms with van der Waals surface area (Å²) in [4.78, 5) is 11.9. The highest BCUT2D eigenvalue weighted by Gasteiger charge is 2.06. The van der Waals surface area contributed by atoms with Crippen molar-refractivity contribution in [3.63, 3.8) is 0 Å². The van der Waals surface area contributed by atoms with Crippen LogP contribution in [0.3, 0.4) is 0 Å². The highest BCUT2D eigenvalue weighted by molar-refractivity contribution is 5.91. The van der Waals surface area contributed by atoms with Gasteiger partial charge in [0.2, 0.25) is 5.91 Å². The minimum absolute atomic E-state index is 0.105. The molecule has 0 spiro atoms. The number of methoxy groups -OCH3 is 1. The predicted molar refractivity (Wildman–Crippen MR) is 77.3 cm³/mol. The Morgan fingerprint density at radius 1 is 1.35 bits per heavy atom. The van der Waals surface area contributed by atoms with E-state index < -0.39 is 0 Å². The SMILES string of the molecule is COCCn1ccc(NC(=O)Cc2ccc(N)cc2)n1. The summed E-state index contributed by atoms with van der Waals surface area (Å²) < 4.78 is 6.69. The maximum Gasteiger partial charge on any atom is 0.229 e. The second-order valence-corrected chi connectivity index (χ2v) is 4.42. The van der Waals surface area contributed by atoms with Gasteiger partial charge in [-0.05, 0) is 17.7 Å². The van der Waals surface area contributed by atoms with Crippen LogP contribution in [0.15, 0.2) is 36.5 Å². The van der Waals surface area contributed by atoms with Crippen LogP contribution >= 0.6 is 0 Å². The lowest BCUT2D eigenvalue weighted by atomic mass is 10.1. The number of anilines is 2. The molecule has 0 fully saturated rings. The Balaban J connectivity index is 1.87. The zero-order chi connectivity index (χ0) is 14.4. The number of carbonyl (C=O) groups excluding carboxylic acids is 1. The van der Waals surface area contributed by atoms with E-state index in [4.69, 9.17) is 10.5 Å². The topological polar surface area (TPSA) is 82.2 Å². The van der Waals surface area contributed by atoms with E-state index in [1.807, 2.05) is 12.1 Å². The van der Waals surface area contributed by atoms with Gasteiger partial charge < -0.3 is 15.8 Å². The number of carbonyl (C=O) groups is 1. The molecule has 3 N–H and O–H groups in total. The smallest absolute Gasteiger partial charge is 0.229 e. The van der Waals surface area contributed by atoms with E-state index in [0.29, 0.717) is 31.1 Å². The molecule has 20 heavy (non-hydrogen) atoms. The molecule has 0 aliphatic heterocycles. The lowest BCUT2D eigenvalue weighted by Crippen LogP contribution is -2.15. The summed E-state index contributed by atoms with van der Waals surface area (Å²) in [7, 11) is 1.64. The number of nitrogen functional groups attached to an aromatic ring is 1. The van der Waals surface area contributed by atoms with E-state index in [1.165, 1.54) is 0 Å². The average molecular weight is 274 g/mol. The molecule has 0 saturated carbocycles. The van der Waals surface area contributed by atoms with Crippen LogP contribution < -0.4 is 11.1 Å². The summed E-state index contributed by atoms with van der Waals surface area (Å²) >= 11 is 0. The molecule has 1 heterocycles. The standard InChI is InChI=1S/C14H18N4O2/c1-20-9-8-18-7-6-13(17-18)16-14(19)10-11-2-4-12(15)5-3-11/h2-7H,8-10,15H2,1H3,(H,16,17,19). The summed E-state index contributed by atoms with van der Waals surface area (Å²) in [5.41, 5.74) is 7.20. The fraction of sp³-hybridized carbons (Fsp3) is 0.286. The van der Waals surface area contributed by atoms with Crippen molar-refractivity contribution in [2.75, 3.05) is 24.8 Å². The van der Waals surface area contributed by atoms with Crippen molar-refractivity contribution in [1.29, 1.82) is 0 Å². The number of nitrogens with one attached hydrogen (secondary N) is 1. The highest BCUT2D eigenvalue weighted by atomic mass is 16.5. The van der Waals surface area contributed by atoms with Gasteiger partial charge in [-0.2, -0.15) is 5.10 Å². The number of aromatic nitrogens is 2. The summed E-state index contributed by atoms with van der Waals surface area (Å²) in [6.07, 6.45) is 2.10. The maximum absolute atomic E-state index is 11.9. The van der Waals surface area contributed by atoms with Gasteiger partial charge in [-0.15, -0.1) is 0 Å². The number of nitrogens with zero attached hydrogens (tertiary/aromatic N) is 2. The van der Waals surface area contributed by atoms with Crippen LogP contribution in [0.1, 0.15) is 5.56 Å². The van der Waals surface area contributed by atoms with E-state index in [0.717, 1.165) is 5.56 Å². The molecule has 0 bridgehead atoms. The molecule has 0 unspecified atom stereocenters. The van der Waals surface area contributed by atoms with Gasteiger partial charge in [0.1, 0.15) is 0 Å². The fourth-order valence-electron chi connectivity index (χ4n) is 1.75. The number of nitrogens with two attached hydrogens (primary N) is 1. The molecule has 0 aliphatic carbocycles. The van der Waals surface area contributed by atoms with Crippen molar-refractivity contribution >= 4 is 17.4 Å².